The van der Waals surface area contributed by atoms with Gasteiger partial charge in [-0.1, -0.05) is 17.7 Å². The van der Waals surface area contributed by atoms with Gasteiger partial charge >= 0.3 is 0 Å². The first-order chi connectivity index (χ1) is 12.0. The van der Waals surface area contributed by atoms with Crippen molar-refractivity contribution in [3.05, 3.63) is 41.5 Å². The highest BCUT2D eigenvalue weighted by molar-refractivity contribution is 7.89. The number of hydrogen-bond donors (Lipinski definition) is 2. The van der Waals surface area contributed by atoms with Gasteiger partial charge in [-0.15, -0.1) is 0 Å². The quantitative estimate of drug-likeness (QED) is 0.756. The molecule has 1 aromatic carbocycles. The molecule has 0 aromatic heterocycles. The van der Waals surface area contributed by atoms with Crippen LogP contribution in [0, 0.1) is 0 Å². The van der Waals surface area contributed by atoms with E-state index in [1.54, 1.807) is 12.1 Å². The first-order valence-electron chi connectivity index (χ1n) is 8.71. The molecule has 6 nitrogen and oxygen atoms in total. The van der Waals surface area contributed by atoms with Crippen molar-refractivity contribution in [2.45, 2.75) is 43.0 Å². The molecule has 1 amide bonds. The van der Waals surface area contributed by atoms with E-state index in [9.17, 15) is 13.2 Å². The molecule has 1 aliphatic carbocycles. The Kier molecular flexibility index (Phi) is 5.88. The molecular formula is C18H24N2O4S. The van der Waals surface area contributed by atoms with Crippen molar-refractivity contribution in [1.82, 2.24) is 10.0 Å². The van der Waals surface area contributed by atoms with Gasteiger partial charge in [-0.25, -0.2) is 13.1 Å². The van der Waals surface area contributed by atoms with Gasteiger partial charge in [0, 0.05) is 18.7 Å². The second kappa shape index (κ2) is 8.12. The van der Waals surface area contributed by atoms with Gasteiger partial charge in [0.2, 0.25) is 10.0 Å². The van der Waals surface area contributed by atoms with E-state index >= 15 is 0 Å². The highest BCUT2D eigenvalue weighted by Crippen LogP contribution is 2.18. The maximum absolute atomic E-state index is 12.5. The SMILES string of the molecule is O=C(N[C@@H]1CCOC1)c1cccc(S(=O)(=O)NCC2=CCCCC2)c1. The number of benzene rings is 1. The number of sulfonamides is 1. The molecule has 0 radical (unpaired) electrons. The lowest BCUT2D eigenvalue weighted by atomic mass is 10.0. The Morgan fingerprint density at radius 1 is 1.28 bits per heavy atom. The predicted octanol–water partition coefficient (Wildman–Crippen LogP) is 1.98. The minimum atomic E-state index is -3.64. The minimum absolute atomic E-state index is 0.0101. The van der Waals surface area contributed by atoms with Crippen LogP contribution in [0.4, 0.5) is 0 Å². The molecule has 7 heteroatoms. The first kappa shape index (κ1) is 18.1. The third kappa shape index (κ3) is 4.90. The normalized spacial score (nSPS) is 21.0. The molecule has 1 aromatic rings. The molecule has 1 saturated heterocycles. The fourth-order valence-electron chi connectivity index (χ4n) is 3.06. The predicted molar refractivity (Wildman–Crippen MR) is 94.9 cm³/mol. The zero-order chi connectivity index (χ0) is 17.7. The summed E-state index contributed by atoms with van der Waals surface area (Å²) >= 11 is 0. The van der Waals surface area contributed by atoms with Gasteiger partial charge < -0.3 is 10.1 Å². The van der Waals surface area contributed by atoms with Gasteiger partial charge in [-0.2, -0.15) is 0 Å². The van der Waals surface area contributed by atoms with Gasteiger partial charge in [0.05, 0.1) is 17.5 Å². The van der Waals surface area contributed by atoms with Crippen LogP contribution in [0.25, 0.3) is 0 Å². The van der Waals surface area contributed by atoms with Crippen molar-refractivity contribution in [3.63, 3.8) is 0 Å². The van der Waals surface area contributed by atoms with E-state index in [-0.39, 0.29) is 16.8 Å². The monoisotopic (exact) mass is 364 g/mol. The summed E-state index contributed by atoms with van der Waals surface area (Å²) in [6, 6.07) is 6.13. The summed E-state index contributed by atoms with van der Waals surface area (Å²) in [5, 5.41) is 2.87. The highest BCUT2D eigenvalue weighted by Gasteiger charge is 2.20. The Balaban J connectivity index is 1.66. The highest BCUT2D eigenvalue weighted by atomic mass is 32.2. The first-order valence-corrected chi connectivity index (χ1v) is 10.2. The summed E-state index contributed by atoms with van der Waals surface area (Å²) in [7, 11) is -3.64. The van der Waals surface area contributed by atoms with Crippen LogP contribution in [0.3, 0.4) is 0 Å². The van der Waals surface area contributed by atoms with Crippen molar-refractivity contribution in [2.75, 3.05) is 19.8 Å². The van der Waals surface area contributed by atoms with Crippen molar-refractivity contribution < 1.29 is 17.9 Å². The zero-order valence-electron chi connectivity index (χ0n) is 14.2. The Morgan fingerprint density at radius 2 is 2.16 bits per heavy atom. The smallest absolute Gasteiger partial charge is 0.251 e. The van der Waals surface area contributed by atoms with Crippen molar-refractivity contribution in [3.8, 4) is 0 Å². The van der Waals surface area contributed by atoms with Crippen LogP contribution in [0.5, 0.6) is 0 Å². The maximum atomic E-state index is 12.5. The zero-order valence-corrected chi connectivity index (χ0v) is 15.0. The number of amides is 1. The lowest BCUT2D eigenvalue weighted by Crippen LogP contribution is -2.35. The maximum Gasteiger partial charge on any atom is 0.251 e. The van der Waals surface area contributed by atoms with E-state index in [2.05, 4.69) is 16.1 Å². The Labute approximate surface area is 148 Å². The molecule has 1 fully saturated rings. The molecule has 25 heavy (non-hydrogen) atoms. The number of allylic oxidation sites excluding steroid dienone is 1. The third-order valence-electron chi connectivity index (χ3n) is 4.55. The van der Waals surface area contributed by atoms with E-state index in [1.807, 2.05) is 0 Å². The van der Waals surface area contributed by atoms with Crippen LogP contribution in [-0.2, 0) is 14.8 Å². The second-order valence-electron chi connectivity index (χ2n) is 6.49. The van der Waals surface area contributed by atoms with Crippen LogP contribution < -0.4 is 10.0 Å². The Hall–Kier alpha value is -1.70. The molecule has 3 rings (SSSR count). The number of carbonyl (C=O) groups excluding carboxylic acids is 1. The molecule has 0 saturated carbocycles. The summed E-state index contributed by atoms with van der Waals surface area (Å²) in [6.45, 7) is 1.47. The van der Waals surface area contributed by atoms with Crippen LogP contribution in [-0.4, -0.2) is 40.1 Å². The lowest BCUT2D eigenvalue weighted by Gasteiger charge is -2.14. The molecule has 0 spiro atoms. The Morgan fingerprint density at radius 3 is 2.88 bits per heavy atom. The average molecular weight is 364 g/mol. The summed E-state index contributed by atoms with van der Waals surface area (Å²) in [6.07, 6.45) is 7.11. The summed E-state index contributed by atoms with van der Waals surface area (Å²) in [5.74, 6) is -0.275. The van der Waals surface area contributed by atoms with Crippen molar-refractivity contribution in [1.29, 1.82) is 0 Å². The number of carbonyl (C=O) groups is 1. The second-order valence-corrected chi connectivity index (χ2v) is 8.26. The Bertz CT molecular complexity index is 752. The topological polar surface area (TPSA) is 84.5 Å². The fraction of sp³-hybridized carbons (Fsp3) is 0.500. The van der Waals surface area contributed by atoms with Crippen molar-refractivity contribution in [2.24, 2.45) is 0 Å². The number of hydrogen-bond acceptors (Lipinski definition) is 4. The number of rotatable bonds is 6. The van der Waals surface area contributed by atoms with Gasteiger partial charge in [-0.3, -0.25) is 4.79 Å². The average Bonchev–Trinajstić information content (AvgIpc) is 3.14. The van der Waals surface area contributed by atoms with Crippen LogP contribution in [0.15, 0.2) is 40.8 Å². The molecule has 136 valence electrons. The van der Waals surface area contributed by atoms with Gasteiger partial charge in [0.1, 0.15) is 0 Å². The van der Waals surface area contributed by atoms with Crippen LogP contribution in [0.2, 0.25) is 0 Å². The number of nitrogens with one attached hydrogen (secondary N) is 2. The molecule has 1 aliphatic heterocycles. The molecule has 0 bridgehead atoms. The van der Waals surface area contributed by atoms with Gasteiger partial charge in [-0.05, 0) is 50.3 Å². The van der Waals surface area contributed by atoms with E-state index in [0.29, 0.717) is 25.3 Å². The van der Waals surface area contributed by atoms with Gasteiger partial charge in [0.25, 0.3) is 5.91 Å². The molecule has 0 unspecified atom stereocenters. The molecule has 2 N–H and O–H groups in total. The summed E-state index contributed by atoms with van der Waals surface area (Å²) < 4.78 is 32.9. The standard InChI is InChI=1S/C18H24N2O4S/c21-18(20-16-9-10-24-13-16)15-7-4-8-17(11-15)25(22,23)19-12-14-5-2-1-3-6-14/h4-5,7-8,11,16,19H,1-3,6,9-10,12-13H2,(H,20,21)/t16-/m1/s1. The lowest BCUT2D eigenvalue weighted by molar-refractivity contribution is 0.0929. The van der Waals surface area contributed by atoms with E-state index in [4.69, 9.17) is 4.74 Å². The fourth-order valence-corrected chi connectivity index (χ4v) is 4.14. The van der Waals surface area contributed by atoms with E-state index < -0.39 is 10.0 Å². The molecule has 1 heterocycles. The van der Waals surface area contributed by atoms with E-state index in [0.717, 1.165) is 31.3 Å². The summed E-state index contributed by atoms with van der Waals surface area (Å²) in [5.41, 5.74) is 1.47. The summed E-state index contributed by atoms with van der Waals surface area (Å²) in [4.78, 5) is 12.4. The number of ether oxygens (including phenoxy) is 1. The molecule has 1 atom stereocenters. The van der Waals surface area contributed by atoms with Crippen LogP contribution >= 0.6 is 0 Å². The minimum Gasteiger partial charge on any atom is -0.379 e. The van der Waals surface area contributed by atoms with Crippen LogP contribution in [0.1, 0.15) is 42.5 Å². The third-order valence-corrected chi connectivity index (χ3v) is 5.94. The largest absolute Gasteiger partial charge is 0.379 e. The van der Waals surface area contributed by atoms with Gasteiger partial charge in [0.15, 0.2) is 0 Å². The van der Waals surface area contributed by atoms with E-state index in [1.165, 1.54) is 18.6 Å². The van der Waals surface area contributed by atoms with Crippen molar-refractivity contribution >= 4 is 15.9 Å². The molecular weight excluding hydrogens is 340 g/mol. The molecule has 2 aliphatic rings.